The lowest BCUT2D eigenvalue weighted by Crippen LogP contribution is -2.44. The summed E-state index contributed by atoms with van der Waals surface area (Å²) in [6.07, 6.45) is 7.86. The molecule has 3 atom stereocenters. The van der Waals surface area contributed by atoms with Crippen molar-refractivity contribution >= 4 is 11.6 Å². The Labute approximate surface area is 125 Å². The van der Waals surface area contributed by atoms with Crippen molar-refractivity contribution < 1.29 is 5.11 Å². The largest absolute Gasteiger partial charge is 0.390 e. The Morgan fingerprint density at radius 1 is 1.45 bits per heavy atom. The first-order chi connectivity index (χ1) is 9.60. The Morgan fingerprint density at radius 3 is 3.00 bits per heavy atom. The summed E-state index contributed by atoms with van der Waals surface area (Å²) in [4.78, 5) is 2.48. The average molecular weight is 298 g/mol. The van der Waals surface area contributed by atoms with Gasteiger partial charge in [0.2, 0.25) is 0 Å². The number of fused-ring (bicyclic) bond motifs is 1. The van der Waals surface area contributed by atoms with Crippen molar-refractivity contribution in [2.45, 2.75) is 44.8 Å². The maximum absolute atomic E-state index is 10.8. The van der Waals surface area contributed by atoms with Crippen LogP contribution in [0, 0.1) is 11.8 Å². The van der Waals surface area contributed by atoms with Crippen molar-refractivity contribution in [2.75, 3.05) is 19.6 Å². The molecule has 2 aliphatic rings. The van der Waals surface area contributed by atoms with Crippen LogP contribution in [0.3, 0.4) is 0 Å². The van der Waals surface area contributed by atoms with Crippen LogP contribution in [0.1, 0.15) is 32.6 Å². The van der Waals surface area contributed by atoms with Gasteiger partial charge in [0, 0.05) is 31.7 Å². The highest BCUT2D eigenvalue weighted by molar-refractivity contribution is 6.30. The summed E-state index contributed by atoms with van der Waals surface area (Å²) in [6.45, 7) is 6.14. The van der Waals surface area contributed by atoms with E-state index in [4.69, 9.17) is 11.6 Å². The summed E-state index contributed by atoms with van der Waals surface area (Å²) in [5, 5.41) is 15.7. The average Bonchev–Trinajstić information content (AvgIpc) is 3.03. The zero-order chi connectivity index (χ0) is 14.2. The van der Waals surface area contributed by atoms with Crippen LogP contribution in [0.25, 0.3) is 0 Å². The number of halogens is 1. The number of likely N-dealkylation sites (tertiary alicyclic amines) is 1. The summed E-state index contributed by atoms with van der Waals surface area (Å²) < 4.78 is 1.90. The summed E-state index contributed by atoms with van der Waals surface area (Å²) in [5.74, 6) is 1.14. The molecule has 3 rings (SSSR count). The molecule has 0 amide bonds. The van der Waals surface area contributed by atoms with Crippen LogP contribution in [0.2, 0.25) is 5.02 Å². The van der Waals surface area contributed by atoms with E-state index in [2.05, 4.69) is 16.9 Å². The number of rotatable bonds is 4. The van der Waals surface area contributed by atoms with E-state index in [-0.39, 0.29) is 0 Å². The normalized spacial score (nSPS) is 34.4. The summed E-state index contributed by atoms with van der Waals surface area (Å²) >= 11 is 5.88. The van der Waals surface area contributed by atoms with E-state index in [0.29, 0.717) is 16.9 Å². The smallest absolute Gasteiger partial charge is 0.0785 e. The molecule has 1 N–H and O–H groups in total. The van der Waals surface area contributed by atoms with Crippen molar-refractivity contribution in [3.05, 3.63) is 17.4 Å². The Kier molecular flexibility index (Phi) is 4.07. The second kappa shape index (κ2) is 5.66. The van der Waals surface area contributed by atoms with Gasteiger partial charge in [0.15, 0.2) is 0 Å². The molecule has 1 aromatic heterocycles. The second-order valence-corrected chi connectivity index (χ2v) is 6.83. The van der Waals surface area contributed by atoms with Crippen LogP contribution in [0.4, 0.5) is 0 Å². The number of hydrogen-bond donors (Lipinski definition) is 1. The first kappa shape index (κ1) is 14.4. The summed E-state index contributed by atoms with van der Waals surface area (Å²) in [6, 6.07) is 0. The summed E-state index contributed by atoms with van der Waals surface area (Å²) in [5.41, 5.74) is -0.424. The van der Waals surface area contributed by atoms with E-state index >= 15 is 0 Å². The molecule has 112 valence electrons. The predicted octanol–water partition coefficient (Wildman–Crippen LogP) is 2.41. The van der Waals surface area contributed by atoms with Gasteiger partial charge in [0.1, 0.15) is 0 Å². The number of nitrogens with zero attached hydrogens (tertiary/aromatic N) is 3. The van der Waals surface area contributed by atoms with E-state index in [1.807, 2.05) is 10.9 Å². The van der Waals surface area contributed by atoms with Gasteiger partial charge in [-0.05, 0) is 25.2 Å². The highest BCUT2D eigenvalue weighted by atomic mass is 35.5. The molecule has 0 bridgehead atoms. The highest BCUT2D eigenvalue weighted by Gasteiger charge is 2.47. The van der Waals surface area contributed by atoms with Crippen LogP contribution in [0.5, 0.6) is 0 Å². The third kappa shape index (κ3) is 2.74. The molecule has 2 fully saturated rings. The maximum Gasteiger partial charge on any atom is 0.0785 e. The molecule has 0 spiro atoms. The molecule has 1 aromatic rings. The van der Waals surface area contributed by atoms with Crippen molar-refractivity contribution in [3.8, 4) is 0 Å². The molecular formula is C15H24ClN3O. The fourth-order valence-electron chi connectivity index (χ4n) is 4.04. The third-order valence-corrected chi connectivity index (χ3v) is 5.45. The zero-order valence-corrected chi connectivity index (χ0v) is 12.9. The zero-order valence-electron chi connectivity index (χ0n) is 12.1. The van der Waals surface area contributed by atoms with Crippen molar-refractivity contribution in [3.63, 3.8) is 0 Å². The fourth-order valence-corrected chi connectivity index (χ4v) is 4.20. The second-order valence-electron chi connectivity index (χ2n) is 6.40. The first-order valence-corrected chi connectivity index (χ1v) is 8.11. The molecule has 2 heterocycles. The van der Waals surface area contributed by atoms with Crippen LogP contribution in [0.15, 0.2) is 12.4 Å². The lowest BCUT2D eigenvalue weighted by Gasteiger charge is -2.40. The molecule has 1 aliphatic carbocycles. The van der Waals surface area contributed by atoms with Crippen LogP contribution in [-0.4, -0.2) is 45.0 Å². The molecular weight excluding hydrogens is 274 g/mol. The van der Waals surface area contributed by atoms with E-state index < -0.39 is 5.60 Å². The Hall–Kier alpha value is -0.580. The predicted molar refractivity (Wildman–Crippen MR) is 79.7 cm³/mol. The van der Waals surface area contributed by atoms with Crippen LogP contribution >= 0.6 is 11.6 Å². The van der Waals surface area contributed by atoms with Gasteiger partial charge in [-0.25, -0.2) is 0 Å². The van der Waals surface area contributed by atoms with Crippen LogP contribution in [-0.2, 0) is 6.54 Å². The standard InChI is InChI=1S/C15H24ClN3O/c1-2-15(20)5-3-4-12-9-18(11-14(12)15)6-7-19-10-13(16)8-17-19/h8,10,12,14,20H,2-7,9,11H2,1H3/t12-,14+,15-/m0/s1. The topological polar surface area (TPSA) is 41.3 Å². The van der Waals surface area contributed by atoms with E-state index in [9.17, 15) is 5.11 Å². The Morgan fingerprint density at radius 2 is 2.30 bits per heavy atom. The van der Waals surface area contributed by atoms with Gasteiger partial charge in [-0.3, -0.25) is 4.68 Å². The molecule has 1 saturated carbocycles. The van der Waals surface area contributed by atoms with Gasteiger partial charge in [0.25, 0.3) is 0 Å². The summed E-state index contributed by atoms with van der Waals surface area (Å²) in [7, 11) is 0. The quantitative estimate of drug-likeness (QED) is 0.928. The first-order valence-electron chi connectivity index (χ1n) is 7.73. The van der Waals surface area contributed by atoms with Gasteiger partial charge in [-0.2, -0.15) is 5.10 Å². The van der Waals surface area contributed by atoms with Crippen molar-refractivity contribution in [1.29, 1.82) is 0 Å². The molecule has 5 heteroatoms. The van der Waals surface area contributed by atoms with Crippen LogP contribution < -0.4 is 0 Å². The van der Waals surface area contributed by atoms with E-state index in [1.165, 1.54) is 12.8 Å². The molecule has 0 unspecified atom stereocenters. The Balaban J connectivity index is 1.58. The van der Waals surface area contributed by atoms with Crippen molar-refractivity contribution in [2.24, 2.45) is 11.8 Å². The lowest BCUT2D eigenvalue weighted by molar-refractivity contribution is -0.0612. The van der Waals surface area contributed by atoms with Gasteiger partial charge in [0.05, 0.1) is 23.4 Å². The van der Waals surface area contributed by atoms with Gasteiger partial charge in [-0.15, -0.1) is 0 Å². The molecule has 0 radical (unpaired) electrons. The SMILES string of the molecule is CC[C@]1(O)CCC[C@H]2CN(CCn3cc(Cl)cn3)C[C@H]21. The molecule has 4 nitrogen and oxygen atoms in total. The minimum absolute atomic E-state index is 0.424. The van der Waals surface area contributed by atoms with Gasteiger partial charge >= 0.3 is 0 Å². The molecule has 0 aromatic carbocycles. The van der Waals surface area contributed by atoms with E-state index in [0.717, 1.165) is 39.0 Å². The molecule has 1 aliphatic heterocycles. The van der Waals surface area contributed by atoms with E-state index in [1.54, 1.807) is 6.20 Å². The highest BCUT2D eigenvalue weighted by Crippen LogP contribution is 2.44. The molecule has 1 saturated heterocycles. The monoisotopic (exact) mass is 297 g/mol. The van der Waals surface area contributed by atoms with Gasteiger partial charge in [-0.1, -0.05) is 24.9 Å². The third-order valence-electron chi connectivity index (χ3n) is 5.25. The Bertz CT molecular complexity index is 464. The number of hydrogen-bond acceptors (Lipinski definition) is 3. The van der Waals surface area contributed by atoms with Crippen molar-refractivity contribution in [1.82, 2.24) is 14.7 Å². The minimum Gasteiger partial charge on any atom is -0.390 e. The molecule has 20 heavy (non-hydrogen) atoms. The van der Waals surface area contributed by atoms with Gasteiger partial charge < -0.3 is 10.0 Å². The lowest BCUT2D eigenvalue weighted by atomic mass is 9.69. The number of aromatic nitrogens is 2. The minimum atomic E-state index is -0.424. The number of aliphatic hydroxyl groups is 1. The fraction of sp³-hybridized carbons (Fsp3) is 0.800. The maximum atomic E-state index is 10.8.